The molecular weight excluding hydrogens is 315 g/mol. The van der Waals surface area contributed by atoms with Crippen molar-refractivity contribution in [3.05, 3.63) is 23.9 Å². The Morgan fingerprint density at radius 3 is 3.04 bits per heavy atom. The van der Waals surface area contributed by atoms with Gasteiger partial charge in [0.15, 0.2) is 6.61 Å². The molecule has 1 unspecified atom stereocenters. The first kappa shape index (κ1) is 17.5. The molecule has 1 aliphatic heterocycles. The molecule has 2 heterocycles. The number of pyridine rings is 1. The number of alkyl halides is 3. The van der Waals surface area contributed by atoms with Crippen LogP contribution in [0.4, 0.5) is 13.2 Å². The van der Waals surface area contributed by atoms with E-state index in [9.17, 15) is 18.0 Å². The SMILES string of the molecule is O=C(CC1COCCN1)NCc1ccnc(OCC(F)(F)F)c1. The van der Waals surface area contributed by atoms with E-state index in [1.807, 2.05) is 0 Å². The monoisotopic (exact) mass is 333 g/mol. The second-order valence-corrected chi connectivity index (χ2v) is 5.11. The van der Waals surface area contributed by atoms with Gasteiger partial charge >= 0.3 is 6.18 Å². The number of rotatable bonds is 6. The zero-order valence-electron chi connectivity index (χ0n) is 12.4. The van der Waals surface area contributed by atoms with Crippen molar-refractivity contribution in [2.75, 3.05) is 26.4 Å². The standard InChI is InChI=1S/C14H18F3N3O3/c15-14(16,17)9-23-13-5-10(1-2-19-13)7-20-12(21)6-11-8-22-4-3-18-11/h1-2,5,11,18H,3-4,6-9H2,(H,20,21). The third-order valence-electron chi connectivity index (χ3n) is 3.10. The highest BCUT2D eigenvalue weighted by molar-refractivity contribution is 5.76. The van der Waals surface area contributed by atoms with Gasteiger partial charge in [0.1, 0.15) is 0 Å². The van der Waals surface area contributed by atoms with Crippen molar-refractivity contribution >= 4 is 5.91 Å². The van der Waals surface area contributed by atoms with E-state index >= 15 is 0 Å². The Labute approximate surface area is 131 Å². The lowest BCUT2D eigenvalue weighted by Gasteiger charge is -2.23. The molecule has 1 fully saturated rings. The lowest BCUT2D eigenvalue weighted by atomic mass is 10.2. The van der Waals surface area contributed by atoms with E-state index in [0.29, 0.717) is 25.3 Å². The summed E-state index contributed by atoms with van der Waals surface area (Å²) in [5, 5.41) is 5.87. The third kappa shape index (κ3) is 6.83. The second-order valence-electron chi connectivity index (χ2n) is 5.11. The fraction of sp³-hybridized carbons (Fsp3) is 0.571. The summed E-state index contributed by atoms with van der Waals surface area (Å²) in [6.45, 7) is 0.622. The molecule has 1 amide bonds. The van der Waals surface area contributed by atoms with Gasteiger partial charge < -0.3 is 20.1 Å². The van der Waals surface area contributed by atoms with Crippen LogP contribution in [0.15, 0.2) is 18.3 Å². The smallest absolute Gasteiger partial charge is 0.422 e. The van der Waals surface area contributed by atoms with E-state index in [1.165, 1.54) is 12.3 Å². The molecular formula is C14H18F3N3O3. The molecule has 0 aromatic carbocycles. The number of carbonyl (C=O) groups excluding carboxylic acids is 1. The maximum absolute atomic E-state index is 12.1. The zero-order valence-corrected chi connectivity index (χ0v) is 12.4. The summed E-state index contributed by atoms with van der Waals surface area (Å²) in [5.74, 6) is -0.293. The van der Waals surface area contributed by atoms with Crippen molar-refractivity contribution in [3.63, 3.8) is 0 Å². The topological polar surface area (TPSA) is 72.5 Å². The number of aromatic nitrogens is 1. The van der Waals surface area contributed by atoms with Gasteiger partial charge in [-0.15, -0.1) is 0 Å². The van der Waals surface area contributed by atoms with Crippen molar-refractivity contribution in [1.82, 2.24) is 15.6 Å². The Hall–Kier alpha value is -1.87. The highest BCUT2D eigenvalue weighted by Gasteiger charge is 2.28. The number of amides is 1. The molecule has 0 aliphatic carbocycles. The lowest BCUT2D eigenvalue weighted by molar-refractivity contribution is -0.154. The van der Waals surface area contributed by atoms with Gasteiger partial charge in [-0.3, -0.25) is 4.79 Å². The molecule has 0 spiro atoms. The highest BCUT2D eigenvalue weighted by atomic mass is 19.4. The zero-order chi connectivity index (χ0) is 16.7. The Morgan fingerprint density at radius 2 is 2.35 bits per heavy atom. The van der Waals surface area contributed by atoms with Crippen molar-refractivity contribution in [2.24, 2.45) is 0 Å². The average Bonchev–Trinajstić information content (AvgIpc) is 2.52. The minimum Gasteiger partial charge on any atom is -0.468 e. The number of nitrogens with one attached hydrogen (secondary N) is 2. The van der Waals surface area contributed by atoms with Crippen LogP contribution in [0.2, 0.25) is 0 Å². The number of carbonyl (C=O) groups is 1. The largest absolute Gasteiger partial charge is 0.468 e. The summed E-state index contributed by atoms with van der Waals surface area (Å²) in [5.41, 5.74) is 0.610. The number of ether oxygens (including phenoxy) is 2. The fourth-order valence-corrected chi connectivity index (χ4v) is 2.04. The van der Waals surface area contributed by atoms with Crippen LogP contribution in [-0.4, -0.2) is 49.5 Å². The van der Waals surface area contributed by atoms with Crippen LogP contribution in [0.5, 0.6) is 5.88 Å². The Bertz CT molecular complexity index is 519. The van der Waals surface area contributed by atoms with Crippen molar-refractivity contribution in [1.29, 1.82) is 0 Å². The van der Waals surface area contributed by atoms with Crippen LogP contribution < -0.4 is 15.4 Å². The first-order chi connectivity index (χ1) is 10.9. The first-order valence-corrected chi connectivity index (χ1v) is 7.15. The minimum absolute atomic E-state index is 0.0214. The minimum atomic E-state index is -4.42. The molecule has 1 atom stereocenters. The van der Waals surface area contributed by atoms with Crippen LogP contribution in [-0.2, 0) is 16.1 Å². The second kappa shape index (κ2) is 8.11. The molecule has 23 heavy (non-hydrogen) atoms. The molecule has 1 aromatic rings. The maximum Gasteiger partial charge on any atom is 0.422 e. The van der Waals surface area contributed by atoms with Crippen LogP contribution in [0, 0.1) is 0 Å². The molecule has 0 radical (unpaired) electrons. The molecule has 6 nitrogen and oxygen atoms in total. The summed E-state index contributed by atoms with van der Waals surface area (Å²) in [6.07, 6.45) is -2.80. The molecule has 1 saturated heterocycles. The fourth-order valence-electron chi connectivity index (χ4n) is 2.04. The van der Waals surface area contributed by atoms with Gasteiger partial charge in [-0.25, -0.2) is 4.98 Å². The summed E-state index contributed by atoms with van der Waals surface area (Å²) < 4.78 is 46.1. The van der Waals surface area contributed by atoms with E-state index in [0.717, 1.165) is 0 Å². The maximum atomic E-state index is 12.1. The molecule has 0 bridgehead atoms. The predicted octanol–water partition coefficient (Wildman–Crippen LogP) is 1.02. The molecule has 2 N–H and O–H groups in total. The summed E-state index contributed by atoms with van der Waals surface area (Å²) in [6, 6.07) is 2.95. The van der Waals surface area contributed by atoms with E-state index in [-0.39, 0.29) is 30.8 Å². The number of hydrogen-bond donors (Lipinski definition) is 2. The van der Waals surface area contributed by atoms with Gasteiger partial charge in [-0.1, -0.05) is 0 Å². The molecule has 2 rings (SSSR count). The average molecular weight is 333 g/mol. The van der Waals surface area contributed by atoms with Gasteiger partial charge in [0.05, 0.1) is 13.2 Å². The molecule has 0 saturated carbocycles. The van der Waals surface area contributed by atoms with E-state index in [1.54, 1.807) is 6.07 Å². The Balaban J connectivity index is 1.77. The van der Waals surface area contributed by atoms with Crippen LogP contribution >= 0.6 is 0 Å². The summed E-state index contributed by atoms with van der Waals surface area (Å²) in [4.78, 5) is 15.5. The van der Waals surface area contributed by atoms with E-state index < -0.39 is 12.8 Å². The number of nitrogens with zero attached hydrogens (tertiary/aromatic N) is 1. The first-order valence-electron chi connectivity index (χ1n) is 7.15. The van der Waals surface area contributed by atoms with E-state index in [4.69, 9.17) is 4.74 Å². The normalized spacial score (nSPS) is 18.5. The van der Waals surface area contributed by atoms with Crippen molar-refractivity contribution < 1.29 is 27.4 Å². The number of halogens is 3. The lowest BCUT2D eigenvalue weighted by Crippen LogP contribution is -2.44. The Morgan fingerprint density at radius 1 is 1.52 bits per heavy atom. The van der Waals surface area contributed by atoms with Crippen molar-refractivity contribution in [2.45, 2.75) is 25.2 Å². The van der Waals surface area contributed by atoms with Crippen LogP contribution in [0.1, 0.15) is 12.0 Å². The van der Waals surface area contributed by atoms with Crippen LogP contribution in [0.25, 0.3) is 0 Å². The number of hydrogen-bond acceptors (Lipinski definition) is 5. The summed E-state index contributed by atoms with van der Waals surface area (Å²) in [7, 11) is 0. The molecule has 1 aliphatic rings. The van der Waals surface area contributed by atoms with Crippen molar-refractivity contribution in [3.8, 4) is 5.88 Å². The quantitative estimate of drug-likeness (QED) is 0.813. The highest BCUT2D eigenvalue weighted by Crippen LogP contribution is 2.17. The van der Waals surface area contributed by atoms with Gasteiger partial charge in [0.25, 0.3) is 0 Å². The molecule has 128 valence electrons. The molecule has 1 aromatic heterocycles. The molecule has 9 heteroatoms. The predicted molar refractivity (Wildman–Crippen MR) is 74.9 cm³/mol. The number of morpholine rings is 1. The van der Waals surface area contributed by atoms with Gasteiger partial charge in [0.2, 0.25) is 11.8 Å². The van der Waals surface area contributed by atoms with Gasteiger partial charge in [-0.2, -0.15) is 13.2 Å². The van der Waals surface area contributed by atoms with Crippen LogP contribution in [0.3, 0.4) is 0 Å². The van der Waals surface area contributed by atoms with Gasteiger partial charge in [0, 0.05) is 37.8 Å². The third-order valence-corrected chi connectivity index (χ3v) is 3.10. The van der Waals surface area contributed by atoms with Gasteiger partial charge in [-0.05, 0) is 11.6 Å². The van der Waals surface area contributed by atoms with E-state index in [2.05, 4.69) is 20.4 Å². The summed E-state index contributed by atoms with van der Waals surface area (Å²) >= 11 is 0. The Kier molecular flexibility index (Phi) is 6.17.